The maximum absolute atomic E-state index is 13.0. The van der Waals surface area contributed by atoms with Crippen LogP contribution in [0.5, 0.6) is 5.88 Å². The topological polar surface area (TPSA) is 79.1 Å². The van der Waals surface area contributed by atoms with Crippen LogP contribution in [0.15, 0.2) is 12.4 Å². The summed E-state index contributed by atoms with van der Waals surface area (Å²) in [6.45, 7) is 1.32. The zero-order valence-electron chi connectivity index (χ0n) is 15.6. The third-order valence-electron chi connectivity index (χ3n) is 7.24. The minimum atomic E-state index is -0.103. The van der Waals surface area contributed by atoms with E-state index in [2.05, 4.69) is 9.97 Å². The van der Waals surface area contributed by atoms with Crippen molar-refractivity contribution in [3.8, 4) is 11.9 Å². The molecule has 27 heavy (non-hydrogen) atoms. The highest BCUT2D eigenvalue weighted by molar-refractivity contribution is 5.77. The molecule has 0 spiro atoms. The summed E-state index contributed by atoms with van der Waals surface area (Å²) in [5, 5.41) is 9.13. The van der Waals surface area contributed by atoms with E-state index in [1.807, 2.05) is 11.0 Å². The second-order valence-corrected chi connectivity index (χ2v) is 9.28. The number of hydrogen-bond donors (Lipinski definition) is 0. The number of carbonyl (C=O) groups is 1. The predicted molar refractivity (Wildman–Crippen MR) is 97.6 cm³/mol. The zero-order chi connectivity index (χ0) is 18.4. The Labute approximate surface area is 159 Å². The number of likely N-dealkylation sites (tertiary alicyclic amines) is 1. The number of amides is 1. The molecule has 0 aromatic carbocycles. The Balaban J connectivity index is 1.21. The molecule has 0 radical (unpaired) electrons. The fourth-order valence-electron chi connectivity index (χ4n) is 6.64. The molecule has 6 rings (SSSR count). The Bertz CT molecular complexity index is 751. The van der Waals surface area contributed by atoms with Gasteiger partial charge in [-0.25, -0.2) is 9.97 Å². The molecule has 0 N–H and O–H groups in total. The molecule has 4 aliphatic carbocycles. The molecule has 4 saturated carbocycles. The van der Waals surface area contributed by atoms with Crippen LogP contribution in [0.2, 0.25) is 0 Å². The van der Waals surface area contributed by atoms with E-state index in [4.69, 9.17) is 10.00 Å². The van der Waals surface area contributed by atoms with Gasteiger partial charge in [-0.15, -0.1) is 0 Å². The lowest BCUT2D eigenvalue weighted by Gasteiger charge is -2.56. The van der Waals surface area contributed by atoms with Crippen molar-refractivity contribution in [1.82, 2.24) is 14.9 Å². The third-order valence-corrected chi connectivity index (χ3v) is 7.24. The lowest BCUT2D eigenvalue weighted by Crippen LogP contribution is -2.48. The molecule has 6 nitrogen and oxygen atoms in total. The molecule has 1 atom stereocenters. The number of ether oxygens (including phenoxy) is 1. The van der Waals surface area contributed by atoms with Crippen LogP contribution in [0.4, 0.5) is 0 Å². The van der Waals surface area contributed by atoms with Crippen molar-refractivity contribution in [3.63, 3.8) is 0 Å². The number of aromatic nitrogens is 2. The molecule has 142 valence electrons. The summed E-state index contributed by atoms with van der Waals surface area (Å²) in [5.74, 6) is 3.20. The normalized spacial score (nSPS) is 36.6. The summed E-state index contributed by atoms with van der Waals surface area (Å²) in [5.41, 5.74) is 0.486. The highest BCUT2D eigenvalue weighted by atomic mass is 16.5. The molecule has 5 aliphatic rings. The predicted octanol–water partition coefficient (Wildman–Crippen LogP) is 2.93. The maximum atomic E-state index is 13.0. The molecule has 1 amide bonds. The average Bonchev–Trinajstić information content (AvgIpc) is 3.09. The van der Waals surface area contributed by atoms with Crippen LogP contribution in [0.25, 0.3) is 0 Å². The van der Waals surface area contributed by atoms with Gasteiger partial charge < -0.3 is 9.64 Å². The van der Waals surface area contributed by atoms with E-state index in [9.17, 15) is 4.79 Å². The summed E-state index contributed by atoms with van der Waals surface area (Å²) in [7, 11) is 0. The fraction of sp³-hybridized carbons (Fsp3) is 0.714. The Hall–Kier alpha value is -2.16. The van der Waals surface area contributed by atoms with Gasteiger partial charge in [-0.2, -0.15) is 5.26 Å². The molecule has 1 aromatic heterocycles. The SMILES string of the molecule is N#Cc1nccnc1OC1CCN(C(=O)CC23CC4CC(CC(C4)C2)C3)C1. The molecule has 1 saturated heterocycles. The van der Waals surface area contributed by atoms with Crippen LogP contribution in [-0.2, 0) is 4.79 Å². The largest absolute Gasteiger partial charge is 0.470 e. The number of carbonyl (C=O) groups excluding carboxylic acids is 1. The van der Waals surface area contributed by atoms with Crippen molar-refractivity contribution in [2.45, 2.75) is 57.5 Å². The van der Waals surface area contributed by atoms with Crippen molar-refractivity contribution in [3.05, 3.63) is 18.1 Å². The van der Waals surface area contributed by atoms with Crippen molar-refractivity contribution < 1.29 is 9.53 Å². The van der Waals surface area contributed by atoms with E-state index in [1.165, 1.54) is 50.9 Å². The third kappa shape index (κ3) is 3.18. The maximum Gasteiger partial charge on any atom is 0.251 e. The summed E-state index contributed by atoms with van der Waals surface area (Å²) >= 11 is 0. The minimum Gasteiger partial charge on any atom is -0.470 e. The minimum absolute atomic E-state index is 0.103. The molecule has 2 heterocycles. The van der Waals surface area contributed by atoms with E-state index in [0.29, 0.717) is 12.5 Å². The summed E-state index contributed by atoms with van der Waals surface area (Å²) in [6.07, 6.45) is 12.4. The van der Waals surface area contributed by atoms with Gasteiger partial charge in [0.25, 0.3) is 5.88 Å². The monoisotopic (exact) mass is 366 g/mol. The van der Waals surface area contributed by atoms with E-state index >= 15 is 0 Å². The van der Waals surface area contributed by atoms with E-state index < -0.39 is 0 Å². The Morgan fingerprint density at radius 1 is 1.19 bits per heavy atom. The number of nitriles is 1. The highest BCUT2D eigenvalue weighted by Gasteiger charge is 2.52. The number of nitrogens with zero attached hydrogens (tertiary/aromatic N) is 4. The second kappa shape index (κ2) is 6.47. The average molecular weight is 366 g/mol. The van der Waals surface area contributed by atoms with Crippen molar-refractivity contribution in [1.29, 1.82) is 5.26 Å². The van der Waals surface area contributed by atoms with Gasteiger partial charge in [0.05, 0.1) is 6.54 Å². The first-order chi connectivity index (χ1) is 13.1. The van der Waals surface area contributed by atoms with Crippen LogP contribution in [-0.4, -0.2) is 40.0 Å². The van der Waals surface area contributed by atoms with E-state index in [0.717, 1.165) is 37.1 Å². The van der Waals surface area contributed by atoms with E-state index in [-0.39, 0.29) is 23.1 Å². The van der Waals surface area contributed by atoms with Crippen molar-refractivity contribution in [2.24, 2.45) is 23.2 Å². The lowest BCUT2D eigenvalue weighted by atomic mass is 9.49. The zero-order valence-corrected chi connectivity index (χ0v) is 15.6. The van der Waals surface area contributed by atoms with Gasteiger partial charge >= 0.3 is 0 Å². The van der Waals surface area contributed by atoms with Crippen LogP contribution in [0.3, 0.4) is 0 Å². The van der Waals surface area contributed by atoms with Crippen LogP contribution in [0.1, 0.15) is 57.1 Å². The molecule has 1 aromatic rings. The van der Waals surface area contributed by atoms with Crippen LogP contribution < -0.4 is 4.74 Å². The first-order valence-electron chi connectivity index (χ1n) is 10.3. The Morgan fingerprint density at radius 3 is 2.52 bits per heavy atom. The Morgan fingerprint density at radius 2 is 1.85 bits per heavy atom. The van der Waals surface area contributed by atoms with Gasteiger partial charge in [-0.05, 0) is 61.7 Å². The molecule has 5 fully saturated rings. The Kier molecular flexibility index (Phi) is 4.07. The van der Waals surface area contributed by atoms with Gasteiger partial charge in [0.15, 0.2) is 0 Å². The highest BCUT2D eigenvalue weighted by Crippen LogP contribution is 2.61. The quantitative estimate of drug-likeness (QED) is 0.818. The van der Waals surface area contributed by atoms with Gasteiger partial charge in [-0.1, -0.05) is 0 Å². The van der Waals surface area contributed by atoms with Crippen molar-refractivity contribution >= 4 is 5.91 Å². The molecule has 4 bridgehead atoms. The lowest BCUT2D eigenvalue weighted by molar-refractivity contribution is -0.138. The van der Waals surface area contributed by atoms with Crippen LogP contribution in [0, 0.1) is 34.5 Å². The molecular weight excluding hydrogens is 340 g/mol. The van der Waals surface area contributed by atoms with Gasteiger partial charge in [0, 0.05) is 31.8 Å². The summed E-state index contributed by atoms with van der Waals surface area (Å²) in [4.78, 5) is 23.1. The summed E-state index contributed by atoms with van der Waals surface area (Å²) in [6, 6.07) is 2.01. The van der Waals surface area contributed by atoms with Gasteiger partial charge in [0.1, 0.15) is 12.2 Å². The van der Waals surface area contributed by atoms with Crippen LogP contribution >= 0.6 is 0 Å². The van der Waals surface area contributed by atoms with Crippen molar-refractivity contribution in [2.75, 3.05) is 13.1 Å². The van der Waals surface area contributed by atoms with Gasteiger partial charge in [-0.3, -0.25) is 4.79 Å². The first-order valence-corrected chi connectivity index (χ1v) is 10.3. The molecular formula is C21H26N4O2. The first kappa shape index (κ1) is 17.0. The smallest absolute Gasteiger partial charge is 0.251 e. The number of hydrogen-bond acceptors (Lipinski definition) is 5. The molecule has 1 unspecified atom stereocenters. The fourth-order valence-corrected chi connectivity index (χ4v) is 6.64. The van der Waals surface area contributed by atoms with Gasteiger partial charge in [0.2, 0.25) is 11.6 Å². The second-order valence-electron chi connectivity index (χ2n) is 9.28. The molecule has 6 heteroatoms. The summed E-state index contributed by atoms with van der Waals surface area (Å²) < 4.78 is 5.88. The van der Waals surface area contributed by atoms with E-state index in [1.54, 1.807) is 0 Å². The number of rotatable bonds is 4. The molecule has 1 aliphatic heterocycles. The standard InChI is InChI=1S/C21H26N4O2/c22-12-18-20(24-3-2-23-18)27-17-1-4-25(13-17)19(26)11-21-8-14-5-15(9-21)7-16(6-14)10-21/h2-3,14-17H,1,4-11,13H2.